The third kappa shape index (κ3) is 3.48. The van der Waals surface area contributed by atoms with Crippen LogP contribution >= 0.6 is 0 Å². The Balaban J connectivity index is 1.40. The lowest BCUT2D eigenvalue weighted by Crippen LogP contribution is -2.13. The van der Waals surface area contributed by atoms with E-state index in [1.807, 2.05) is 85.1 Å². The molecule has 4 aromatic heterocycles. The summed E-state index contributed by atoms with van der Waals surface area (Å²) in [6, 6.07) is 40.8. The maximum atomic E-state index is 6.22. The van der Waals surface area contributed by atoms with Gasteiger partial charge in [-0.2, -0.15) is 0 Å². The fraction of sp³-hybridized carbons (Fsp3) is 0. The summed E-state index contributed by atoms with van der Waals surface area (Å²) in [4.78, 5) is 12.2. The van der Waals surface area contributed by atoms with Crippen LogP contribution in [0.4, 0.5) is 17.2 Å². The average molecular weight is 504 g/mol. The number of pyridine rings is 2. The number of rotatable bonds is 4. The highest BCUT2D eigenvalue weighted by molar-refractivity contribution is 6.05. The van der Waals surface area contributed by atoms with Crippen molar-refractivity contribution in [1.29, 1.82) is 0 Å². The number of nitrogens with zero attached hydrogens (tertiary/aromatic N) is 3. The zero-order chi connectivity index (χ0) is 25.8. The van der Waals surface area contributed by atoms with Crippen LogP contribution in [0, 0.1) is 0 Å². The minimum Gasteiger partial charge on any atom is -0.454 e. The van der Waals surface area contributed by atoms with Crippen molar-refractivity contribution in [2.24, 2.45) is 0 Å². The molecule has 0 radical (unpaired) electrons. The maximum absolute atomic E-state index is 6.22. The minimum atomic E-state index is 0.728. The highest BCUT2D eigenvalue weighted by atomic mass is 16.3. The Labute approximate surface area is 223 Å². The van der Waals surface area contributed by atoms with E-state index < -0.39 is 0 Å². The fourth-order valence-corrected chi connectivity index (χ4v) is 5.34. The van der Waals surface area contributed by atoms with Gasteiger partial charge in [0.1, 0.15) is 28.0 Å². The number of hydrogen-bond donors (Lipinski definition) is 0. The van der Waals surface area contributed by atoms with E-state index >= 15 is 0 Å². The molecule has 0 aliphatic rings. The molecule has 8 aromatic rings. The lowest BCUT2D eigenvalue weighted by Gasteiger charge is -2.26. The summed E-state index contributed by atoms with van der Waals surface area (Å²) in [6.07, 6.45) is 1.89. The lowest BCUT2D eigenvalue weighted by atomic mass is 10.0. The number of hydrogen-bond acceptors (Lipinski definition) is 5. The first-order chi connectivity index (χ1) is 19.3. The maximum Gasteiger partial charge on any atom is 0.155 e. The Morgan fingerprint density at radius 2 is 1.21 bits per heavy atom. The molecule has 0 atom stereocenters. The SMILES string of the molecule is c1ccc(-c2ccccc2N(c2cnc3c(c2)oc2ccccc23)c2ccc3oc4ccccc4c3n2)cc1. The summed E-state index contributed by atoms with van der Waals surface area (Å²) in [5, 5.41) is 1.98. The number of anilines is 3. The molecular weight excluding hydrogens is 482 g/mol. The van der Waals surface area contributed by atoms with Crippen LogP contribution in [0.1, 0.15) is 0 Å². The van der Waals surface area contributed by atoms with Gasteiger partial charge in [-0.05, 0) is 48.0 Å². The molecule has 5 nitrogen and oxygen atoms in total. The Bertz CT molecular complexity index is 2140. The third-order valence-corrected chi connectivity index (χ3v) is 7.12. The van der Waals surface area contributed by atoms with Gasteiger partial charge in [-0.1, -0.05) is 72.8 Å². The smallest absolute Gasteiger partial charge is 0.155 e. The summed E-state index contributed by atoms with van der Waals surface area (Å²) in [7, 11) is 0. The van der Waals surface area contributed by atoms with E-state index in [4.69, 9.17) is 18.8 Å². The van der Waals surface area contributed by atoms with E-state index in [9.17, 15) is 0 Å². The first-order valence-corrected chi connectivity index (χ1v) is 12.8. The van der Waals surface area contributed by atoms with Crippen molar-refractivity contribution in [2.75, 3.05) is 4.90 Å². The van der Waals surface area contributed by atoms with Crippen LogP contribution in [0.5, 0.6) is 0 Å². The van der Waals surface area contributed by atoms with Crippen molar-refractivity contribution in [2.45, 2.75) is 0 Å². The molecule has 0 amide bonds. The van der Waals surface area contributed by atoms with Gasteiger partial charge < -0.3 is 8.83 Å². The Hall–Kier alpha value is -5.42. The van der Waals surface area contributed by atoms with Gasteiger partial charge in [0, 0.05) is 22.4 Å². The van der Waals surface area contributed by atoms with Gasteiger partial charge in [0.05, 0.1) is 17.6 Å². The third-order valence-electron chi connectivity index (χ3n) is 7.12. The van der Waals surface area contributed by atoms with E-state index in [-0.39, 0.29) is 0 Å². The van der Waals surface area contributed by atoms with Crippen molar-refractivity contribution >= 4 is 61.3 Å². The number of furan rings is 2. The van der Waals surface area contributed by atoms with Gasteiger partial charge in [0.25, 0.3) is 0 Å². The molecule has 0 saturated heterocycles. The van der Waals surface area contributed by atoms with Crippen LogP contribution in [-0.2, 0) is 0 Å². The van der Waals surface area contributed by atoms with Crippen LogP contribution in [-0.4, -0.2) is 9.97 Å². The van der Waals surface area contributed by atoms with Crippen molar-refractivity contribution in [3.8, 4) is 11.1 Å². The number of para-hydroxylation sites is 3. The molecule has 39 heavy (non-hydrogen) atoms. The Kier molecular flexibility index (Phi) is 4.76. The first kappa shape index (κ1) is 21.6. The first-order valence-electron chi connectivity index (χ1n) is 12.8. The van der Waals surface area contributed by atoms with Gasteiger partial charge in [-0.25, -0.2) is 9.97 Å². The zero-order valence-electron chi connectivity index (χ0n) is 20.8. The largest absolute Gasteiger partial charge is 0.454 e. The molecule has 0 fully saturated rings. The van der Waals surface area contributed by atoms with Gasteiger partial charge in [0.2, 0.25) is 0 Å². The van der Waals surface area contributed by atoms with E-state index in [0.29, 0.717) is 0 Å². The molecular formula is C34H21N3O2. The van der Waals surface area contributed by atoms with Crippen LogP contribution in [0.15, 0.2) is 136 Å². The molecule has 0 saturated carbocycles. The van der Waals surface area contributed by atoms with Crippen molar-refractivity contribution in [3.63, 3.8) is 0 Å². The van der Waals surface area contributed by atoms with Crippen LogP contribution < -0.4 is 4.90 Å². The molecule has 184 valence electrons. The van der Waals surface area contributed by atoms with Gasteiger partial charge in [-0.15, -0.1) is 0 Å². The fourth-order valence-electron chi connectivity index (χ4n) is 5.34. The topological polar surface area (TPSA) is 55.3 Å². The molecule has 0 spiro atoms. The average Bonchev–Trinajstić information content (AvgIpc) is 3.56. The quantitative estimate of drug-likeness (QED) is 0.239. The highest BCUT2D eigenvalue weighted by Crippen LogP contribution is 2.42. The zero-order valence-corrected chi connectivity index (χ0v) is 20.8. The van der Waals surface area contributed by atoms with E-state index in [1.165, 1.54) is 0 Å². The molecule has 4 aromatic carbocycles. The minimum absolute atomic E-state index is 0.728. The van der Waals surface area contributed by atoms with Crippen LogP contribution in [0.3, 0.4) is 0 Å². The van der Waals surface area contributed by atoms with Crippen LogP contribution in [0.25, 0.3) is 55.3 Å². The number of fused-ring (bicyclic) bond motifs is 6. The molecule has 0 unspecified atom stereocenters. The van der Waals surface area contributed by atoms with Crippen molar-refractivity contribution < 1.29 is 8.83 Å². The summed E-state index contributed by atoms with van der Waals surface area (Å²) in [6.45, 7) is 0. The van der Waals surface area contributed by atoms with Crippen LogP contribution in [0.2, 0.25) is 0 Å². The predicted octanol–water partition coefficient (Wildman–Crippen LogP) is 9.41. The second-order valence-electron chi connectivity index (χ2n) is 9.47. The molecule has 0 aliphatic heterocycles. The summed E-state index contributed by atoms with van der Waals surface area (Å²) >= 11 is 0. The molecule has 0 N–H and O–H groups in total. The van der Waals surface area contributed by atoms with E-state index in [1.54, 1.807) is 0 Å². The Morgan fingerprint density at radius 1 is 0.538 bits per heavy atom. The number of aromatic nitrogens is 2. The molecule has 8 rings (SSSR count). The molecule has 0 aliphatic carbocycles. The molecule has 5 heteroatoms. The standard InChI is InChI=1S/C34H21N3O2/c1-2-10-22(11-3-1)24-12-4-7-15-27(24)37(23-20-31-33(35-21-23)25-13-5-8-16-28(25)39-31)32-19-18-30-34(36-32)26-14-6-9-17-29(26)38-30/h1-21H. The molecule has 4 heterocycles. The van der Waals surface area contributed by atoms with E-state index in [0.717, 1.165) is 72.5 Å². The summed E-state index contributed by atoms with van der Waals surface area (Å²) in [5.74, 6) is 0.759. The van der Waals surface area contributed by atoms with E-state index in [2.05, 4.69) is 47.4 Å². The lowest BCUT2D eigenvalue weighted by molar-refractivity contribution is 0.667. The van der Waals surface area contributed by atoms with Gasteiger partial charge in [-0.3, -0.25) is 4.90 Å². The number of benzene rings is 4. The van der Waals surface area contributed by atoms with Gasteiger partial charge in [0.15, 0.2) is 11.2 Å². The second kappa shape index (κ2) is 8.57. The highest BCUT2D eigenvalue weighted by Gasteiger charge is 2.21. The second-order valence-corrected chi connectivity index (χ2v) is 9.47. The normalized spacial score (nSPS) is 11.6. The molecule has 0 bridgehead atoms. The monoisotopic (exact) mass is 503 g/mol. The predicted molar refractivity (Wildman–Crippen MR) is 157 cm³/mol. The summed E-state index contributed by atoms with van der Waals surface area (Å²) < 4.78 is 12.3. The van der Waals surface area contributed by atoms with Crippen molar-refractivity contribution in [3.05, 3.63) is 128 Å². The Morgan fingerprint density at radius 3 is 2.03 bits per heavy atom. The van der Waals surface area contributed by atoms with Gasteiger partial charge >= 0.3 is 0 Å². The van der Waals surface area contributed by atoms with Crippen molar-refractivity contribution in [1.82, 2.24) is 9.97 Å². The summed E-state index contributed by atoms with van der Waals surface area (Å²) in [5.41, 5.74) is 8.82.